The molecule has 3 nitrogen and oxygen atoms in total. The third kappa shape index (κ3) is 3.39. The summed E-state index contributed by atoms with van der Waals surface area (Å²) in [4.78, 5) is 13.0. The Morgan fingerprint density at radius 2 is 1.67 bits per heavy atom. The van der Waals surface area contributed by atoms with Crippen molar-refractivity contribution in [1.29, 1.82) is 0 Å². The molecule has 4 saturated carbocycles. The van der Waals surface area contributed by atoms with Crippen LogP contribution in [-0.2, 0) is 11.0 Å². The fourth-order valence-corrected chi connectivity index (χ4v) is 6.74. The molecule has 0 saturated heterocycles. The highest BCUT2D eigenvalue weighted by Crippen LogP contribution is 2.69. The van der Waals surface area contributed by atoms with Crippen LogP contribution in [-0.4, -0.2) is 12.1 Å². The molecule has 0 spiro atoms. The Hall–Kier alpha value is -1.85. The third-order valence-corrected chi connectivity index (χ3v) is 6.73. The van der Waals surface area contributed by atoms with E-state index in [1.54, 1.807) is 0 Å². The first-order valence-electron chi connectivity index (χ1n) is 9.52. The molecule has 4 aliphatic rings. The molecule has 27 heavy (non-hydrogen) atoms. The molecule has 6 heteroatoms. The van der Waals surface area contributed by atoms with Crippen LogP contribution in [0, 0.1) is 22.2 Å². The van der Waals surface area contributed by atoms with E-state index in [0.717, 1.165) is 31.4 Å². The number of alkyl halides is 3. The lowest BCUT2D eigenvalue weighted by molar-refractivity contribution is -0.170. The molecule has 5 rings (SSSR count). The molecule has 0 aromatic heterocycles. The number of hydrogen-bond acceptors (Lipinski definition) is 2. The molecular formula is C21H25F3N2O. The molecule has 1 aromatic carbocycles. The number of amides is 1. The molecule has 0 heterocycles. The number of carbonyl (C=O) groups excluding carboxylic acids is 1. The van der Waals surface area contributed by atoms with Crippen LogP contribution in [0.15, 0.2) is 29.4 Å². The number of hydrogen-bond donors (Lipinski definition) is 1. The van der Waals surface area contributed by atoms with Gasteiger partial charge in [-0.05, 0) is 73.0 Å². The predicted molar refractivity (Wildman–Crippen MR) is 97.0 cm³/mol. The van der Waals surface area contributed by atoms with Gasteiger partial charge in [-0.1, -0.05) is 26.0 Å². The fourth-order valence-electron chi connectivity index (χ4n) is 6.74. The molecule has 2 unspecified atom stereocenters. The first-order valence-corrected chi connectivity index (χ1v) is 9.52. The second kappa shape index (κ2) is 5.82. The Bertz CT molecular complexity index is 766. The zero-order valence-electron chi connectivity index (χ0n) is 15.7. The average molecular weight is 378 g/mol. The van der Waals surface area contributed by atoms with Gasteiger partial charge >= 0.3 is 6.18 Å². The average Bonchev–Trinajstić information content (AvgIpc) is 2.51. The van der Waals surface area contributed by atoms with Crippen molar-refractivity contribution < 1.29 is 18.0 Å². The number of rotatable bonds is 3. The molecule has 0 radical (unpaired) electrons. The van der Waals surface area contributed by atoms with Crippen LogP contribution in [0.25, 0.3) is 0 Å². The second-order valence-electron chi connectivity index (χ2n) is 9.73. The number of halogens is 3. The summed E-state index contributed by atoms with van der Waals surface area (Å²) in [6, 6.07) is 4.74. The van der Waals surface area contributed by atoms with Gasteiger partial charge in [0.05, 0.1) is 17.2 Å². The van der Waals surface area contributed by atoms with E-state index >= 15 is 0 Å². The first-order chi connectivity index (χ1) is 12.5. The van der Waals surface area contributed by atoms with Crippen molar-refractivity contribution in [1.82, 2.24) is 5.43 Å². The standard InChI is InChI=1S/C21H25F3N2O/c1-18-7-15-8-19(2,11-18)13-20(9-15,12-18)17(27)26-25-10-14-3-5-16(6-4-14)21(22,23)24/h3-6,10,15H,7-9,11-13H2,1-2H3,(H,26,27)/b25-10+. The Balaban J connectivity index is 1.45. The topological polar surface area (TPSA) is 41.5 Å². The summed E-state index contributed by atoms with van der Waals surface area (Å²) < 4.78 is 37.8. The van der Waals surface area contributed by atoms with Crippen molar-refractivity contribution in [2.45, 2.75) is 58.5 Å². The lowest BCUT2D eigenvalue weighted by Crippen LogP contribution is -2.59. The molecule has 1 N–H and O–H groups in total. The van der Waals surface area contributed by atoms with Crippen molar-refractivity contribution in [3.05, 3.63) is 35.4 Å². The van der Waals surface area contributed by atoms with E-state index in [2.05, 4.69) is 24.4 Å². The maximum atomic E-state index is 13.0. The number of nitrogens with one attached hydrogen (secondary N) is 1. The third-order valence-electron chi connectivity index (χ3n) is 6.73. The second-order valence-corrected chi connectivity index (χ2v) is 9.73. The normalized spacial score (nSPS) is 37.7. The highest BCUT2D eigenvalue weighted by atomic mass is 19.4. The highest BCUT2D eigenvalue weighted by molar-refractivity contribution is 5.86. The zero-order chi connectivity index (χ0) is 19.5. The Morgan fingerprint density at radius 3 is 2.19 bits per heavy atom. The minimum absolute atomic E-state index is 0.0350. The number of hydrazone groups is 1. The lowest BCUT2D eigenvalue weighted by atomic mass is 9.40. The van der Waals surface area contributed by atoms with Crippen molar-refractivity contribution in [2.24, 2.45) is 27.3 Å². The molecule has 1 aromatic rings. The molecule has 0 aliphatic heterocycles. The van der Waals surface area contributed by atoms with E-state index < -0.39 is 11.7 Å². The summed E-state index contributed by atoms with van der Waals surface area (Å²) in [6.07, 6.45) is 3.43. The zero-order valence-corrected chi connectivity index (χ0v) is 15.7. The van der Waals surface area contributed by atoms with Crippen LogP contribution in [0.1, 0.15) is 63.5 Å². The molecule has 146 valence electrons. The van der Waals surface area contributed by atoms with Gasteiger partial charge in [0.25, 0.3) is 0 Å². The van der Waals surface area contributed by atoms with E-state index in [1.807, 2.05) is 0 Å². The molecular weight excluding hydrogens is 353 g/mol. The summed E-state index contributed by atoms with van der Waals surface area (Å²) in [5.74, 6) is 0.577. The van der Waals surface area contributed by atoms with Gasteiger partial charge in [0.1, 0.15) is 0 Å². The van der Waals surface area contributed by atoms with Crippen LogP contribution >= 0.6 is 0 Å². The van der Waals surface area contributed by atoms with Crippen LogP contribution < -0.4 is 5.43 Å². The van der Waals surface area contributed by atoms with Crippen LogP contribution in [0.3, 0.4) is 0 Å². The Labute approximate surface area is 157 Å². The monoisotopic (exact) mass is 378 g/mol. The maximum Gasteiger partial charge on any atom is 0.416 e. The largest absolute Gasteiger partial charge is 0.416 e. The van der Waals surface area contributed by atoms with Gasteiger partial charge in [0.15, 0.2) is 0 Å². The van der Waals surface area contributed by atoms with Gasteiger partial charge in [-0.3, -0.25) is 4.79 Å². The maximum absolute atomic E-state index is 13.0. The molecule has 4 fully saturated rings. The van der Waals surface area contributed by atoms with Crippen molar-refractivity contribution in [3.63, 3.8) is 0 Å². The SMILES string of the molecule is CC12CC3CC(C)(C1)CC(C(=O)N/N=C/c1ccc(C(F)(F)F)cc1)(C3)C2. The fraction of sp³-hybridized carbons (Fsp3) is 0.619. The number of benzene rings is 1. The Morgan fingerprint density at radius 1 is 1.07 bits per heavy atom. The first kappa shape index (κ1) is 18.5. The summed E-state index contributed by atoms with van der Waals surface area (Å²) in [7, 11) is 0. The number of nitrogens with zero attached hydrogens (tertiary/aromatic N) is 1. The van der Waals surface area contributed by atoms with Crippen molar-refractivity contribution in [3.8, 4) is 0 Å². The molecule has 2 atom stereocenters. The molecule has 1 amide bonds. The smallest absolute Gasteiger partial charge is 0.273 e. The van der Waals surface area contributed by atoms with E-state index in [4.69, 9.17) is 0 Å². The molecule has 4 bridgehead atoms. The van der Waals surface area contributed by atoms with Gasteiger partial charge < -0.3 is 0 Å². The van der Waals surface area contributed by atoms with Crippen molar-refractivity contribution in [2.75, 3.05) is 0 Å². The van der Waals surface area contributed by atoms with Gasteiger partial charge in [-0.2, -0.15) is 18.3 Å². The van der Waals surface area contributed by atoms with Gasteiger partial charge in [-0.15, -0.1) is 0 Å². The van der Waals surface area contributed by atoms with E-state index in [0.29, 0.717) is 11.5 Å². The van der Waals surface area contributed by atoms with E-state index in [1.165, 1.54) is 37.6 Å². The van der Waals surface area contributed by atoms with Crippen LogP contribution in [0.4, 0.5) is 13.2 Å². The minimum atomic E-state index is -4.35. The summed E-state index contributed by atoms with van der Waals surface area (Å²) in [5.41, 5.74) is 2.63. The summed E-state index contributed by atoms with van der Waals surface area (Å²) >= 11 is 0. The van der Waals surface area contributed by atoms with Crippen LogP contribution in [0.5, 0.6) is 0 Å². The quantitative estimate of drug-likeness (QED) is 0.573. The van der Waals surface area contributed by atoms with Gasteiger partial charge in [0, 0.05) is 0 Å². The lowest BCUT2D eigenvalue weighted by Gasteiger charge is -2.64. The minimum Gasteiger partial charge on any atom is -0.273 e. The predicted octanol–water partition coefficient (Wildman–Crippen LogP) is 5.15. The summed E-state index contributed by atoms with van der Waals surface area (Å²) in [6.45, 7) is 4.62. The summed E-state index contributed by atoms with van der Waals surface area (Å²) in [5, 5.41) is 4.03. The molecule has 4 aliphatic carbocycles. The van der Waals surface area contributed by atoms with Crippen LogP contribution in [0.2, 0.25) is 0 Å². The Kier molecular flexibility index (Phi) is 3.99. The highest BCUT2D eigenvalue weighted by Gasteiger charge is 2.62. The van der Waals surface area contributed by atoms with Crippen molar-refractivity contribution >= 4 is 12.1 Å². The van der Waals surface area contributed by atoms with Gasteiger partial charge in [-0.25, -0.2) is 5.43 Å². The van der Waals surface area contributed by atoms with Gasteiger partial charge in [0.2, 0.25) is 5.91 Å². The van der Waals surface area contributed by atoms with E-state index in [9.17, 15) is 18.0 Å². The van der Waals surface area contributed by atoms with E-state index in [-0.39, 0.29) is 22.2 Å². The number of carbonyl (C=O) groups is 1.